The van der Waals surface area contributed by atoms with Crippen LogP contribution in [-0.2, 0) is 74.7 Å². The second kappa shape index (κ2) is 51.1. The Balaban J connectivity index is 1.16. The molecule has 640 valence electrons. The Morgan fingerprint density at radius 3 is 1.01 bits per heavy atom. The lowest BCUT2D eigenvalue weighted by Crippen LogP contribution is -2.67. The van der Waals surface area contributed by atoms with E-state index in [0.717, 1.165) is 135 Å². The lowest BCUT2D eigenvalue weighted by atomic mass is 9.96. The number of esters is 2. The molecular weight excluding hydrogens is 1490 g/mol. The van der Waals surface area contributed by atoms with Crippen molar-refractivity contribution in [2.45, 2.75) is 362 Å². The molecule has 4 fully saturated rings. The number of allylic oxidation sites excluding steroid dienone is 21. The summed E-state index contributed by atoms with van der Waals surface area (Å²) in [4.78, 5) is 45.8. The van der Waals surface area contributed by atoms with Gasteiger partial charge in [0, 0.05) is 13.8 Å². The fourth-order valence-corrected chi connectivity index (χ4v) is 15.4. The Bertz CT molecular complexity index is 3350. The highest BCUT2D eigenvalue weighted by Crippen LogP contribution is 2.61. The maximum absolute atomic E-state index is 13.3. The maximum atomic E-state index is 13.3. The standard InChI is InChI=1S/C83H136O27P2/c1-17-51(2)28-18-29-52(3)30-19-31-53(4)32-20-33-54(5)34-21-35-55(6)36-22-37-56(7)38-23-39-57(8)40-24-41-58(9)42-25-43-59(10)44-26-45-60(11)46-27-47-61(12)50-99-111(95,96)110-112(97,98)109-81-74(94)77(70(90)67(49-85)104-81)108-82-79(103-65(16)87)72(92)75(63(14)101-82)106-80-73(93)76(68(88)62(13)100-80)107-83-78(102-64(15)86)71(91)69(89)66(48-84)105-83/h17,29,31,33,35,37,39,41,43,45,47,62-63,66-85,88-94H,18-28,30,32,34,36,38,40,42,44,46,48-50H2,1-16H3,(H,95,96)(H,97,98)/b51-17-,52-29-,53-31-,54-33-,55-35-,56-37-,57-39-,58-41-,59-43+,60-45+,61-47+/t62-,63-,66+,67+,68+,69-,70+,71-,72+,73-,74+,75+,76+,77-,78?,79-,80-,81+,82-,83-/m0/s1. The Morgan fingerprint density at radius 2 is 0.643 bits per heavy atom. The summed E-state index contributed by atoms with van der Waals surface area (Å²) >= 11 is 0. The van der Waals surface area contributed by atoms with E-state index >= 15 is 0 Å². The predicted molar refractivity (Wildman–Crippen MR) is 425 cm³/mol. The van der Waals surface area contributed by atoms with E-state index in [0.29, 0.717) is 18.4 Å². The molecule has 22 atom stereocenters. The van der Waals surface area contributed by atoms with Crippen LogP contribution in [0.2, 0.25) is 0 Å². The first-order valence-corrected chi connectivity index (χ1v) is 42.6. The quantitative estimate of drug-likeness (QED) is 0.0153. The van der Waals surface area contributed by atoms with Gasteiger partial charge in [0.05, 0.1) is 32.0 Å². The maximum Gasteiger partial charge on any atom is 0.483 e. The summed E-state index contributed by atoms with van der Waals surface area (Å²) in [5.74, 6) is -1.98. The number of hydrogen-bond donors (Lipinski definition) is 11. The fraction of sp³-hybridized carbons (Fsp3) is 0.711. The van der Waals surface area contributed by atoms with E-state index in [4.69, 9.17) is 51.7 Å². The first-order valence-electron chi connectivity index (χ1n) is 39.6. The van der Waals surface area contributed by atoms with Gasteiger partial charge in [-0.25, -0.2) is 9.13 Å². The van der Waals surface area contributed by atoms with Crippen molar-refractivity contribution in [3.63, 3.8) is 0 Å². The van der Waals surface area contributed by atoms with Crippen molar-refractivity contribution < 1.29 is 130 Å². The highest BCUT2D eigenvalue weighted by Gasteiger charge is 2.57. The smallest absolute Gasteiger partial charge is 0.454 e. The second-order valence-corrected chi connectivity index (χ2v) is 33.7. The molecule has 4 aliphatic heterocycles. The zero-order valence-electron chi connectivity index (χ0n) is 69.0. The first-order chi connectivity index (χ1) is 52.8. The van der Waals surface area contributed by atoms with Crippen LogP contribution in [0.15, 0.2) is 128 Å². The Labute approximate surface area is 665 Å². The van der Waals surface area contributed by atoms with Gasteiger partial charge in [-0.05, 0) is 225 Å². The summed E-state index contributed by atoms with van der Waals surface area (Å²) in [5.41, 5.74) is 14.6. The second-order valence-electron chi connectivity index (χ2n) is 30.7. The molecule has 4 aliphatic rings. The minimum atomic E-state index is -5.77. The molecule has 0 bridgehead atoms. The monoisotopic (exact) mass is 1630 g/mol. The van der Waals surface area contributed by atoms with Gasteiger partial charge >= 0.3 is 27.6 Å². The van der Waals surface area contributed by atoms with Crippen molar-refractivity contribution in [2.75, 3.05) is 19.8 Å². The van der Waals surface area contributed by atoms with Crippen LogP contribution in [0.4, 0.5) is 0 Å². The third kappa shape index (κ3) is 36.3. The highest BCUT2D eigenvalue weighted by molar-refractivity contribution is 7.61. The van der Waals surface area contributed by atoms with Gasteiger partial charge in [-0.2, -0.15) is 4.31 Å². The summed E-state index contributed by atoms with van der Waals surface area (Å²) in [6.45, 7) is 28.0. The normalized spacial score (nSPS) is 31.3. The zero-order valence-corrected chi connectivity index (χ0v) is 70.8. The van der Waals surface area contributed by atoms with Gasteiger partial charge in [0.15, 0.2) is 37.4 Å². The van der Waals surface area contributed by atoms with E-state index in [-0.39, 0.29) is 0 Å². The zero-order chi connectivity index (χ0) is 83.6. The van der Waals surface area contributed by atoms with Crippen LogP contribution in [0.25, 0.3) is 0 Å². The van der Waals surface area contributed by atoms with Crippen LogP contribution in [0.3, 0.4) is 0 Å². The van der Waals surface area contributed by atoms with Crippen molar-refractivity contribution in [1.29, 1.82) is 0 Å². The van der Waals surface area contributed by atoms with Crippen LogP contribution in [0, 0.1) is 0 Å². The van der Waals surface area contributed by atoms with Gasteiger partial charge in [-0.3, -0.25) is 18.6 Å². The highest BCUT2D eigenvalue weighted by atomic mass is 31.3. The summed E-state index contributed by atoms with van der Waals surface area (Å²) < 4.78 is 91.7. The van der Waals surface area contributed by atoms with Crippen molar-refractivity contribution in [3.8, 4) is 0 Å². The topological polar surface area (TPSA) is 402 Å². The van der Waals surface area contributed by atoms with E-state index < -0.39 is 170 Å². The summed E-state index contributed by atoms with van der Waals surface area (Å²) in [7, 11) is -11.2. The molecule has 3 unspecified atom stereocenters. The van der Waals surface area contributed by atoms with Crippen LogP contribution in [0.1, 0.15) is 239 Å². The average Bonchev–Trinajstić information content (AvgIpc) is 0.758. The fourth-order valence-electron chi connectivity index (χ4n) is 13.2. The Kier molecular flexibility index (Phi) is 45.7. The average molecular weight is 1630 g/mol. The van der Waals surface area contributed by atoms with E-state index in [9.17, 15) is 74.5 Å². The van der Waals surface area contributed by atoms with E-state index in [1.165, 1.54) is 64.0 Å². The molecule has 27 nitrogen and oxygen atoms in total. The molecule has 0 spiro atoms. The van der Waals surface area contributed by atoms with Gasteiger partial charge in [-0.1, -0.05) is 128 Å². The molecule has 4 saturated heterocycles. The molecule has 4 heterocycles. The summed E-state index contributed by atoms with van der Waals surface area (Å²) in [6, 6.07) is 0. The number of carbonyl (C=O) groups is 2. The minimum absolute atomic E-state index is 0.483. The number of phosphoric ester groups is 2. The molecule has 11 N–H and O–H groups in total. The van der Waals surface area contributed by atoms with Crippen LogP contribution >= 0.6 is 15.6 Å². The number of rotatable bonds is 47. The van der Waals surface area contributed by atoms with Crippen LogP contribution < -0.4 is 0 Å². The van der Waals surface area contributed by atoms with E-state index in [2.05, 4.69) is 134 Å². The third-order valence-corrected chi connectivity index (χ3v) is 22.9. The summed E-state index contributed by atoms with van der Waals surface area (Å²) in [5, 5.41) is 98.4. The van der Waals surface area contributed by atoms with Gasteiger partial charge in [0.25, 0.3) is 0 Å². The summed E-state index contributed by atoms with van der Waals surface area (Å²) in [6.07, 6.45) is 9.12. The molecule has 0 aromatic heterocycles. The number of phosphoric acid groups is 2. The van der Waals surface area contributed by atoms with Gasteiger partial charge in [0.2, 0.25) is 0 Å². The molecule has 0 aromatic rings. The predicted octanol–water partition coefficient (Wildman–Crippen LogP) is 12.9. The Morgan fingerprint density at radius 1 is 0.339 bits per heavy atom. The molecule has 0 amide bonds. The molecule has 112 heavy (non-hydrogen) atoms. The SMILES string of the molecule is C/C=C(/C)CC/C=C(/C)CC/C=C(/C)CC/C=C(/C)CC/C=C(/C)CC/C=C(/C)CC/C=C(/C)CC/C=C(/C)CC/C=C(\C)CC/C=C(\C)CC/C=C(\C)COP(=O)(O)OP(=O)(O)O[C@H]1O[C@H](CO)[C@@H](O)[C@H](O[C@@H]2O[C@@H](C)[C@@H](O[C@@H]3O[C@@H](C)[C@@H](O)[C@@H](O[C@@H]4O[C@H](CO)[C@H](O)[C@H](O)C4OC(C)=O)[C@@H]3O)[C@@H](O)[C@@H]2OC(C)=O)[C@H]1O. The number of hydrogen-bond acceptors (Lipinski definition) is 25. The van der Waals surface area contributed by atoms with Gasteiger partial charge in [-0.15, -0.1) is 0 Å². The van der Waals surface area contributed by atoms with E-state index in [1.807, 2.05) is 6.92 Å². The number of ether oxygens (including phenoxy) is 9. The van der Waals surface area contributed by atoms with Gasteiger partial charge < -0.3 is 98.4 Å². The largest absolute Gasteiger partial charge is 0.483 e. The molecule has 0 aliphatic carbocycles. The molecular formula is C83H136O27P2. The van der Waals surface area contributed by atoms with Crippen LogP contribution in [0.5, 0.6) is 0 Å². The molecule has 4 rings (SSSR count). The minimum Gasteiger partial charge on any atom is -0.454 e. The lowest BCUT2D eigenvalue weighted by molar-refractivity contribution is -0.383. The Hall–Kier alpha value is -4.30. The van der Waals surface area contributed by atoms with Crippen LogP contribution in [-0.4, -0.2) is 210 Å². The van der Waals surface area contributed by atoms with Crippen molar-refractivity contribution in [1.82, 2.24) is 0 Å². The third-order valence-electron chi connectivity index (χ3n) is 20.4. The van der Waals surface area contributed by atoms with Crippen molar-refractivity contribution >= 4 is 27.6 Å². The number of carbonyl (C=O) groups excluding carboxylic acids is 2. The van der Waals surface area contributed by atoms with Crippen molar-refractivity contribution in [2.24, 2.45) is 0 Å². The first kappa shape index (κ1) is 100. The molecule has 29 heteroatoms. The lowest BCUT2D eigenvalue weighted by Gasteiger charge is -2.49. The number of aliphatic hydroxyl groups is 9. The molecule has 0 aromatic carbocycles. The van der Waals surface area contributed by atoms with Crippen molar-refractivity contribution in [3.05, 3.63) is 128 Å². The molecule has 0 saturated carbocycles. The number of aliphatic hydroxyl groups excluding tert-OH is 9. The van der Waals surface area contributed by atoms with Gasteiger partial charge in [0.1, 0.15) is 73.2 Å². The van der Waals surface area contributed by atoms with E-state index in [1.54, 1.807) is 13.0 Å². The molecule has 0 radical (unpaired) electrons.